The maximum Gasteiger partial charge on any atom is 0.255 e. The number of carbonyl (C=O) groups is 1. The minimum atomic E-state index is -0.0847. The summed E-state index contributed by atoms with van der Waals surface area (Å²) in [5.41, 5.74) is 3.11. The van der Waals surface area contributed by atoms with E-state index >= 15 is 0 Å². The molecule has 1 aliphatic carbocycles. The van der Waals surface area contributed by atoms with Gasteiger partial charge >= 0.3 is 0 Å². The molecule has 2 aromatic heterocycles. The van der Waals surface area contributed by atoms with E-state index in [1.54, 1.807) is 17.6 Å². The van der Waals surface area contributed by atoms with Gasteiger partial charge in [-0.3, -0.25) is 4.79 Å². The zero-order valence-corrected chi connectivity index (χ0v) is 21.3. The van der Waals surface area contributed by atoms with E-state index in [0.717, 1.165) is 58.9 Å². The fourth-order valence-corrected chi connectivity index (χ4v) is 5.58. The van der Waals surface area contributed by atoms with E-state index in [1.165, 1.54) is 4.88 Å². The molecule has 34 heavy (non-hydrogen) atoms. The van der Waals surface area contributed by atoms with Gasteiger partial charge in [0, 0.05) is 11.1 Å². The average molecular weight is 479 g/mol. The Morgan fingerprint density at radius 2 is 2.06 bits per heavy atom. The summed E-state index contributed by atoms with van der Waals surface area (Å²) in [6, 6.07) is 11.6. The van der Waals surface area contributed by atoms with E-state index in [4.69, 9.17) is 14.1 Å². The zero-order chi connectivity index (χ0) is 24.1. The van der Waals surface area contributed by atoms with Gasteiger partial charge in [-0.2, -0.15) is 0 Å². The number of aliphatic imine (C=N–C) groups is 1. The van der Waals surface area contributed by atoms with Crippen LogP contribution in [0.3, 0.4) is 0 Å². The number of rotatable bonds is 8. The van der Waals surface area contributed by atoms with Crippen molar-refractivity contribution in [3.05, 3.63) is 70.0 Å². The molecule has 3 aromatic rings. The predicted octanol–water partition coefficient (Wildman–Crippen LogP) is 6.96. The normalized spacial score (nSPS) is 15.9. The SMILES string of the molecule is CCCOc1ccc(C=Nc2sc3c(c2C(=O)NCc2ccco2)CC[C@@H](C(C)(C)C)C3)cc1. The second-order valence-electron chi connectivity index (χ2n) is 9.93. The number of nitrogens with one attached hydrogen (secondary N) is 1. The van der Waals surface area contributed by atoms with Crippen molar-refractivity contribution >= 4 is 28.5 Å². The van der Waals surface area contributed by atoms with Crippen LogP contribution in [0, 0.1) is 11.3 Å². The molecule has 1 aliphatic rings. The minimum Gasteiger partial charge on any atom is -0.494 e. The van der Waals surface area contributed by atoms with E-state index in [1.807, 2.05) is 42.6 Å². The molecular formula is C28H34N2O3S. The van der Waals surface area contributed by atoms with Gasteiger partial charge in [0.2, 0.25) is 0 Å². The van der Waals surface area contributed by atoms with Crippen LogP contribution in [0.25, 0.3) is 0 Å². The van der Waals surface area contributed by atoms with Crippen LogP contribution in [0.5, 0.6) is 5.75 Å². The fourth-order valence-electron chi connectivity index (χ4n) is 4.31. The smallest absolute Gasteiger partial charge is 0.255 e. The van der Waals surface area contributed by atoms with Gasteiger partial charge in [-0.25, -0.2) is 4.99 Å². The molecule has 180 valence electrons. The van der Waals surface area contributed by atoms with Crippen molar-refractivity contribution in [3.63, 3.8) is 0 Å². The van der Waals surface area contributed by atoms with Crippen LogP contribution in [0.1, 0.15) is 72.7 Å². The summed E-state index contributed by atoms with van der Waals surface area (Å²) in [7, 11) is 0. The third kappa shape index (κ3) is 5.79. The minimum absolute atomic E-state index is 0.0847. The lowest BCUT2D eigenvalue weighted by Crippen LogP contribution is -2.28. The highest BCUT2D eigenvalue weighted by Crippen LogP contribution is 2.45. The number of hydrogen-bond donors (Lipinski definition) is 1. The Morgan fingerprint density at radius 1 is 1.26 bits per heavy atom. The van der Waals surface area contributed by atoms with Crippen molar-refractivity contribution in [2.45, 2.75) is 59.9 Å². The molecule has 0 aliphatic heterocycles. The van der Waals surface area contributed by atoms with E-state index in [0.29, 0.717) is 19.1 Å². The summed E-state index contributed by atoms with van der Waals surface area (Å²) in [6.45, 7) is 10.1. The average Bonchev–Trinajstić information content (AvgIpc) is 3.47. The van der Waals surface area contributed by atoms with Crippen molar-refractivity contribution in [1.82, 2.24) is 5.32 Å². The van der Waals surface area contributed by atoms with Gasteiger partial charge in [-0.05, 0) is 84.5 Å². The standard InChI is InChI=1S/C28H34N2O3S/c1-5-14-32-21-11-8-19(9-12-21)17-30-27-25(26(31)29-18-22-7-6-15-33-22)23-13-10-20(28(2,3)4)16-24(23)34-27/h6-9,11-12,15,17,20H,5,10,13-14,16,18H2,1-4H3,(H,29,31)/t20-/m1/s1. The topological polar surface area (TPSA) is 63.8 Å². The molecule has 1 aromatic carbocycles. The van der Waals surface area contributed by atoms with E-state index in [2.05, 4.69) is 33.0 Å². The lowest BCUT2D eigenvalue weighted by atomic mass is 9.72. The number of amides is 1. The summed E-state index contributed by atoms with van der Waals surface area (Å²) < 4.78 is 11.1. The fraction of sp³-hybridized carbons (Fsp3) is 0.429. The van der Waals surface area contributed by atoms with Crippen molar-refractivity contribution < 1.29 is 13.9 Å². The Bertz CT molecular complexity index is 1120. The number of hydrogen-bond acceptors (Lipinski definition) is 5. The van der Waals surface area contributed by atoms with Crippen LogP contribution < -0.4 is 10.1 Å². The third-order valence-electron chi connectivity index (χ3n) is 6.39. The summed E-state index contributed by atoms with van der Waals surface area (Å²) in [6.07, 6.45) is 7.44. The van der Waals surface area contributed by atoms with Crippen molar-refractivity contribution in [1.29, 1.82) is 0 Å². The molecule has 0 spiro atoms. The summed E-state index contributed by atoms with van der Waals surface area (Å²) in [5.74, 6) is 2.11. The van der Waals surface area contributed by atoms with Crippen LogP contribution in [0.4, 0.5) is 5.00 Å². The second kappa shape index (κ2) is 10.6. The van der Waals surface area contributed by atoms with E-state index in [9.17, 15) is 4.79 Å². The molecule has 0 saturated heterocycles. The largest absolute Gasteiger partial charge is 0.494 e. The maximum absolute atomic E-state index is 13.3. The number of fused-ring (bicyclic) bond motifs is 1. The molecule has 1 amide bonds. The first-order valence-corrected chi connectivity index (χ1v) is 12.9. The van der Waals surface area contributed by atoms with Gasteiger partial charge in [0.1, 0.15) is 16.5 Å². The first kappa shape index (κ1) is 24.3. The molecule has 1 atom stereocenters. The highest BCUT2D eigenvalue weighted by molar-refractivity contribution is 7.16. The van der Waals surface area contributed by atoms with Gasteiger partial charge in [-0.1, -0.05) is 27.7 Å². The molecule has 0 radical (unpaired) electrons. The first-order chi connectivity index (χ1) is 16.3. The van der Waals surface area contributed by atoms with E-state index < -0.39 is 0 Å². The molecule has 0 saturated carbocycles. The van der Waals surface area contributed by atoms with E-state index in [-0.39, 0.29) is 11.3 Å². The molecular weight excluding hydrogens is 444 g/mol. The van der Waals surface area contributed by atoms with Gasteiger partial charge in [0.15, 0.2) is 0 Å². The zero-order valence-electron chi connectivity index (χ0n) is 20.5. The monoisotopic (exact) mass is 478 g/mol. The Balaban J connectivity index is 1.59. The second-order valence-corrected chi connectivity index (χ2v) is 11.0. The van der Waals surface area contributed by atoms with Crippen molar-refractivity contribution in [3.8, 4) is 5.75 Å². The first-order valence-electron chi connectivity index (χ1n) is 12.1. The highest BCUT2D eigenvalue weighted by Gasteiger charge is 2.33. The Hall–Kier alpha value is -2.86. The van der Waals surface area contributed by atoms with Crippen LogP contribution in [-0.2, 0) is 19.4 Å². The van der Waals surface area contributed by atoms with Gasteiger partial charge < -0.3 is 14.5 Å². The number of benzene rings is 1. The Labute approximate surface area is 206 Å². The molecule has 1 N–H and O–H groups in total. The summed E-state index contributed by atoms with van der Waals surface area (Å²) in [4.78, 5) is 19.4. The number of nitrogens with zero attached hydrogens (tertiary/aromatic N) is 1. The molecule has 6 heteroatoms. The Morgan fingerprint density at radius 3 is 2.74 bits per heavy atom. The van der Waals surface area contributed by atoms with Crippen molar-refractivity contribution in [2.75, 3.05) is 6.61 Å². The third-order valence-corrected chi connectivity index (χ3v) is 7.55. The molecule has 4 rings (SSSR count). The number of ether oxygens (including phenoxy) is 1. The molecule has 5 nitrogen and oxygen atoms in total. The quantitative estimate of drug-likeness (QED) is 0.356. The van der Waals surface area contributed by atoms with Crippen molar-refractivity contribution in [2.24, 2.45) is 16.3 Å². The number of furan rings is 1. The van der Waals surface area contributed by atoms with Gasteiger partial charge in [-0.15, -0.1) is 11.3 Å². The molecule has 0 fully saturated rings. The number of carbonyl (C=O) groups excluding carboxylic acids is 1. The van der Waals surface area contributed by atoms with Crippen LogP contribution in [-0.4, -0.2) is 18.7 Å². The predicted molar refractivity (Wildman–Crippen MR) is 139 cm³/mol. The lowest BCUT2D eigenvalue weighted by Gasteiger charge is -2.33. The molecule has 2 heterocycles. The van der Waals surface area contributed by atoms with Crippen LogP contribution >= 0.6 is 11.3 Å². The maximum atomic E-state index is 13.3. The number of thiophene rings is 1. The van der Waals surface area contributed by atoms with Gasteiger partial charge in [0.25, 0.3) is 5.91 Å². The summed E-state index contributed by atoms with van der Waals surface area (Å²) in [5, 5.41) is 3.81. The highest BCUT2D eigenvalue weighted by atomic mass is 32.1. The van der Waals surface area contributed by atoms with Crippen LogP contribution in [0.2, 0.25) is 0 Å². The molecule has 0 unspecified atom stereocenters. The van der Waals surface area contributed by atoms with Gasteiger partial charge in [0.05, 0.1) is 25.0 Å². The lowest BCUT2D eigenvalue weighted by molar-refractivity contribution is 0.0947. The summed E-state index contributed by atoms with van der Waals surface area (Å²) >= 11 is 1.66. The van der Waals surface area contributed by atoms with Crippen LogP contribution in [0.15, 0.2) is 52.1 Å². The Kier molecular flexibility index (Phi) is 7.57. The molecule has 0 bridgehead atoms.